The molecule has 29 heavy (non-hydrogen) atoms. The second kappa shape index (κ2) is 8.32. The molecule has 6 nitrogen and oxygen atoms in total. The molecule has 146 valence electrons. The Morgan fingerprint density at radius 2 is 2.03 bits per heavy atom. The van der Waals surface area contributed by atoms with Crippen LogP contribution in [0.3, 0.4) is 0 Å². The van der Waals surface area contributed by atoms with Crippen molar-refractivity contribution in [2.24, 2.45) is 0 Å². The number of aromatic nitrogens is 3. The molecule has 1 amide bonds. The Hall–Kier alpha value is -3.38. The van der Waals surface area contributed by atoms with Crippen LogP contribution in [-0.2, 0) is 19.5 Å². The first-order valence-electron chi connectivity index (χ1n) is 9.25. The predicted molar refractivity (Wildman–Crippen MR) is 113 cm³/mol. The molecule has 2 N–H and O–H groups in total. The highest BCUT2D eigenvalue weighted by Crippen LogP contribution is 2.15. The number of nitrogens with zero attached hydrogens (tertiary/aromatic N) is 2. The van der Waals surface area contributed by atoms with E-state index in [1.54, 1.807) is 29.1 Å². The van der Waals surface area contributed by atoms with Crippen LogP contribution in [0.2, 0.25) is 5.02 Å². The largest absolute Gasteiger partial charge is 0.348 e. The lowest BCUT2D eigenvalue weighted by Gasteiger charge is -2.06. The lowest BCUT2D eigenvalue weighted by Crippen LogP contribution is -2.22. The summed E-state index contributed by atoms with van der Waals surface area (Å²) < 4.78 is 1.80. The van der Waals surface area contributed by atoms with E-state index in [1.807, 2.05) is 42.6 Å². The van der Waals surface area contributed by atoms with Crippen LogP contribution in [0.1, 0.15) is 21.5 Å². The third kappa shape index (κ3) is 4.55. The van der Waals surface area contributed by atoms with Gasteiger partial charge in [0.05, 0.1) is 5.52 Å². The number of rotatable bonds is 6. The quantitative estimate of drug-likeness (QED) is 0.514. The number of carbonyl (C=O) groups excluding carboxylic acids is 1. The van der Waals surface area contributed by atoms with Crippen LogP contribution in [0.5, 0.6) is 0 Å². The minimum absolute atomic E-state index is 0.0807. The SMILES string of the molecule is O=C(NCc1cccc(Cl)c1)c1ccc2cn(CCc3ccc[nH]c3=O)nc2c1. The molecule has 0 spiro atoms. The maximum atomic E-state index is 12.5. The number of hydrogen-bond donors (Lipinski definition) is 2. The van der Waals surface area contributed by atoms with Crippen molar-refractivity contribution in [3.63, 3.8) is 0 Å². The summed E-state index contributed by atoms with van der Waals surface area (Å²) >= 11 is 5.98. The van der Waals surface area contributed by atoms with E-state index in [9.17, 15) is 9.59 Å². The van der Waals surface area contributed by atoms with Crippen LogP contribution >= 0.6 is 11.6 Å². The Labute approximate surface area is 172 Å². The number of pyridine rings is 1. The average molecular weight is 407 g/mol. The van der Waals surface area contributed by atoms with Gasteiger partial charge < -0.3 is 10.3 Å². The van der Waals surface area contributed by atoms with Gasteiger partial charge in [-0.15, -0.1) is 0 Å². The molecular weight excluding hydrogens is 388 g/mol. The van der Waals surface area contributed by atoms with Crippen molar-refractivity contribution in [3.05, 3.63) is 99.1 Å². The number of benzene rings is 2. The molecular formula is C22H19ClN4O2. The molecule has 4 aromatic rings. The van der Waals surface area contributed by atoms with Gasteiger partial charge >= 0.3 is 0 Å². The molecule has 0 saturated carbocycles. The first kappa shape index (κ1) is 19.0. The van der Waals surface area contributed by atoms with Gasteiger partial charge in [-0.05, 0) is 42.3 Å². The molecule has 2 aromatic carbocycles. The first-order valence-corrected chi connectivity index (χ1v) is 9.63. The van der Waals surface area contributed by atoms with Crippen molar-refractivity contribution in [2.75, 3.05) is 0 Å². The lowest BCUT2D eigenvalue weighted by atomic mass is 10.1. The molecule has 0 aliphatic heterocycles. The fourth-order valence-corrected chi connectivity index (χ4v) is 3.36. The number of H-pyrrole nitrogens is 1. The molecule has 0 aliphatic carbocycles. The van der Waals surface area contributed by atoms with Crippen molar-refractivity contribution < 1.29 is 4.79 Å². The highest BCUT2D eigenvalue weighted by atomic mass is 35.5. The Bertz CT molecular complexity index is 1230. The van der Waals surface area contributed by atoms with Crippen LogP contribution in [0.25, 0.3) is 10.9 Å². The highest BCUT2D eigenvalue weighted by Gasteiger charge is 2.09. The second-order valence-electron chi connectivity index (χ2n) is 6.75. The van der Waals surface area contributed by atoms with E-state index in [0.717, 1.165) is 16.5 Å². The van der Waals surface area contributed by atoms with Gasteiger partial charge in [0.25, 0.3) is 11.5 Å². The molecule has 7 heteroatoms. The molecule has 0 bridgehead atoms. The van der Waals surface area contributed by atoms with Gasteiger partial charge in [0.15, 0.2) is 0 Å². The smallest absolute Gasteiger partial charge is 0.251 e. The summed E-state index contributed by atoms with van der Waals surface area (Å²) in [7, 11) is 0. The number of halogens is 1. The monoisotopic (exact) mass is 406 g/mol. The van der Waals surface area contributed by atoms with Gasteiger partial charge in [0.2, 0.25) is 0 Å². The van der Waals surface area contributed by atoms with Crippen molar-refractivity contribution in [2.45, 2.75) is 19.5 Å². The summed E-state index contributed by atoms with van der Waals surface area (Å²) in [6.07, 6.45) is 4.12. The third-order valence-corrected chi connectivity index (χ3v) is 4.90. The zero-order valence-electron chi connectivity index (χ0n) is 15.6. The molecule has 0 atom stereocenters. The second-order valence-corrected chi connectivity index (χ2v) is 7.19. The Morgan fingerprint density at radius 1 is 1.14 bits per heavy atom. The van der Waals surface area contributed by atoms with Gasteiger partial charge in [-0.1, -0.05) is 35.9 Å². The van der Waals surface area contributed by atoms with Gasteiger partial charge in [-0.3, -0.25) is 14.3 Å². The molecule has 4 rings (SSSR count). The zero-order valence-corrected chi connectivity index (χ0v) is 16.3. The van der Waals surface area contributed by atoms with E-state index < -0.39 is 0 Å². The molecule has 0 radical (unpaired) electrons. The number of hydrogen-bond acceptors (Lipinski definition) is 3. The number of amides is 1. The Kier molecular flexibility index (Phi) is 5.44. The van der Waals surface area contributed by atoms with E-state index >= 15 is 0 Å². The third-order valence-electron chi connectivity index (χ3n) is 4.67. The minimum Gasteiger partial charge on any atom is -0.348 e. The summed E-state index contributed by atoms with van der Waals surface area (Å²) in [5, 5.41) is 9.02. The minimum atomic E-state index is -0.169. The number of aromatic amines is 1. The van der Waals surface area contributed by atoms with E-state index in [2.05, 4.69) is 15.4 Å². The van der Waals surface area contributed by atoms with Crippen LogP contribution in [0.15, 0.2) is 71.8 Å². The summed E-state index contributed by atoms with van der Waals surface area (Å²) in [5.74, 6) is -0.169. The van der Waals surface area contributed by atoms with Crippen molar-refractivity contribution in [1.82, 2.24) is 20.1 Å². The van der Waals surface area contributed by atoms with Crippen molar-refractivity contribution in [3.8, 4) is 0 Å². The Balaban J connectivity index is 1.44. The van der Waals surface area contributed by atoms with Gasteiger partial charge in [0.1, 0.15) is 0 Å². The predicted octanol–water partition coefficient (Wildman–Crippen LogP) is 3.55. The van der Waals surface area contributed by atoms with E-state index in [-0.39, 0.29) is 11.5 Å². The molecule has 0 fully saturated rings. The van der Waals surface area contributed by atoms with Gasteiger partial charge in [0, 0.05) is 47.0 Å². The topological polar surface area (TPSA) is 79.8 Å². The number of fused-ring (bicyclic) bond motifs is 1. The summed E-state index contributed by atoms with van der Waals surface area (Å²) in [4.78, 5) is 26.9. The van der Waals surface area contributed by atoms with Crippen molar-refractivity contribution >= 4 is 28.4 Å². The standard InChI is InChI=1S/C22H19ClN4O2/c23-19-5-1-3-15(11-19)13-25-22(29)17-6-7-18-14-27(26-20(18)12-17)10-8-16-4-2-9-24-21(16)28/h1-7,9,11-12,14H,8,10,13H2,(H,24,28)(H,25,29). The molecule has 2 heterocycles. The van der Waals surface area contributed by atoms with Gasteiger partial charge in [-0.2, -0.15) is 5.10 Å². The normalized spacial score (nSPS) is 10.9. The molecule has 0 saturated heterocycles. The molecule has 2 aromatic heterocycles. The Morgan fingerprint density at radius 3 is 2.86 bits per heavy atom. The van der Waals surface area contributed by atoms with Gasteiger partial charge in [-0.25, -0.2) is 0 Å². The molecule has 0 aliphatic rings. The summed E-state index contributed by atoms with van der Waals surface area (Å²) in [6.45, 7) is 0.982. The zero-order chi connectivity index (χ0) is 20.2. The highest BCUT2D eigenvalue weighted by molar-refractivity contribution is 6.30. The molecule has 0 unspecified atom stereocenters. The van der Waals surface area contributed by atoms with E-state index in [4.69, 9.17) is 11.6 Å². The van der Waals surface area contributed by atoms with Crippen LogP contribution in [0, 0.1) is 0 Å². The number of nitrogens with one attached hydrogen (secondary N) is 2. The summed E-state index contributed by atoms with van der Waals surface area (Å²) in [6, 6.07) is 16.4. The van der Waals surface area contributed by atoms with Crippen LogP contribution < -0.4 is 10.9 Å². The fourth-order valence-electron chi connectivity index (χ4n) is 3.14. The number of carbonyl (C=O) groups is 1. The van der Waals surface area contributed by atoms with E-state index in [0.29, 0.717) is 35.7 Å². The maximum absolute atomic E-state index is 12.5. The fraction of sp³-hybridized carbons (Fsp3) is 0.136. The average Bonchev–Trinajstić information content (AvgIpc) is 3.13. The summed E-state index contributed by atoms with van der Waals surface area (Å²) in [5.41, 5.74) is 2.86. The number of aryl methyl sites for hydroxylation is 2. The lowest BCUT2D eigenvalue weighted by molar-refractivity contribution is 0.0951. The van der Waals surface area contributed by atoms with Crippen LogP contribution in [-0.4, -0.2) is 20.7 Å². The first-order chi connectivity index (χ1) is 14.1. The maximum Gasteiger partial charge on any atom is 0.251 e. The van der Waals surface area contributed by atoms with Crippen LogP contribution in [0.4, 0.5) is 0 Å². The van der Waals surface area contributed by atoms with E-state index in [1.165, 1.54) is 0 Å². The van der Waals surface area contributed by atoms with Crippen molar-refractivity contribution in [1.29, 1.82) is 0 Å².